The number of hydrogen-bond donors (Lipinski definition) is 2. The first-order chi connectivity index (χ1) is 11.2. The molecule has 0 aliphatic carbocycles. The molecule has 3 aromatic rings. The van der Waals surface area contributed by atoms with Gasteiger partial charge in [0.05, 0.1) is 11.4 Å². The van der Waals surface area contributed by atoms with Crippen LogP contribution in [0.4, 0.5) is 16.3 Å². The molecule has 0 saturated heterocycles. The topological polar surface area (TPSA) is 66.9 Å². The molecule has 2 N–H and O–H groups in total. The van der Waals surface area contributed by atoms with E-state index >= 15 is 0 Å². The summed E-state index contributed by atoms with van der Waals surface area (Å²) in [5.74, 6) is 0.492. The Kier molecular flexibility index (Phi) is 4.29. The van der Waals surface area contributed by atoms with Crippen molar-refractivity contribution in [3.05, 3.63) is 72.6 Å². The normalized spacial score (nSPS) is 10.1. The van der Waals surface area contributed by atoms with Crippen molar-refractivity contribution < 1.29 is 4.79 Å². The lowest BCUT2D eigenvalue weighted by molar-refractivity contribution is 0.262. The minimum atomic E-state index is -0.355. The van der Waals surface area contributed by atoms with E-state index in [0.29, 0.717) is 11.5 Å². The first-order valence-corrected chi connectivity index (χ1v) is 7.24. The Bertz CT molecular complexity index is 804. The van der Waals surface area contributed by atoms with Gasteiger partial charge in [0.1, 0.15) is 5.82 Å². The third kappa shape index (κ3) is 3.71. The fraction of sp³-hybridized carbons (Fsp3) is 0.0556. The first kappa shape index (κ1) is 14.7. The number of benzene rings is 1. The second kappa shape index (κ2) is 6.70. The highest BCUT2D eigenvalue weighted by molar-refractivity contribution is 6.01. The number of hydrogen-bond acceptors (Lipinski definition) is 3. The third-order valence-corrected chi connectivity index (χ3v) is 3.24. The number of anilines is 2. The fourth-order valence-corrected chi connectivity index (χ4v) is 2.18. The number of carbonyl (C=O) groups excluding carboxylic acids is 1. The lowest BCUT2D eigenvalue weighted by Crippen LogP contribution is -2.20. The van der Waals surface area contributed by atoms with Gasteiger partial charge < -0.3 is 5.32 Å². The minimum absolute atomic E-state index is 0.355. The summed E-state index contributed by atoms with van der Waals surface area (Å²) in [6.07, 6.45) is 1.62. The summed E-state index contributed by atoms with van der Waals surface area (Å²) >= 11 is 0. The van der Waals surface area contributed by atoms with Crippen LogP contribution in [0.2, 0.25) is 0 Å². The van der Waals surface area contributed by atoms with Gasteiger partial charge in [-0.1, -0.05) is 36.4 Å². The van der Waals surface area contributed by atoms with Crippen LogP contribution in [-0.4, -0.2) is 16.0 Å². The Labute approximate surface area is 134 Å². The molecule has 0 unspecified atom stereocenters. The van der Waals surface area contributed by atoms with Crippen molar-refractivity contribution in [1.29, 1.82) is 0 Å². The quantitative estimate of drug-likeness (QED) is 0.765. The van der Waals surface area contributed by atoms with Crippen molar-refractivity contribution in [2.24, 2.45) is 0 Å². The van der Waals surface area contributed by atoms with E-state index in [4.69, 9.17) is 0 Å². The average Bonchev–Trinajstić information content (AvgIpc) is 2.58. The predicted molar refractivity (Wildman–Crippen MR) is 91.3 cm³/mol. The van der Waals surface area contributed by atoms with Gasteiger partial charge in [-0.25, -0.2) is 9.78 Å². The summed E-state index contributed by atoms with van der Waals surface area (Å²) in [7, 11) is 0. The molecule has 0 fully saturated rings. The van der Waals surface area contributed by atoms with Crippen LogP contribution in [0.15, 0.2) is 66.9 Å². The zero-order valence-electron chi connectivity index (χ0n) is 12.7. The largest absolute Gasteiger partial charge is 0.324 e. The second-order valence-corrected chi connectivity index (χ2v) is 5.01. The molecule has 5 nitrogen and oxygen atoms in total. The Morgan fingerprint density at radius 1 is 0.913 bits per heavy atom. The summed E-state index contributed by atoms with van der Waals surface area (Å²) in [4.78, 5) is 20.8. The third-order valence-electron chi connectivity index (χ3n) is 3.24. The number of urea groups is 1. The molecule has 0 bridgehead atoms. The van der Waals surface area contributed by atoms with E-state index < -0.39 is 0 Å². The summed E-state index contributed by atoms with van der Waals surface area (Å²) < 4.78 is 0. The predicted octanol–water partition coefficient (Wildman–Crippen LogP) is 4.10. The maximum atomic E-state index is 12.2. The Balaban J connectivity index is 1.84. The van der Waals surface area contributed by atoms with Crippen LogP contribution < -0.4 is 10.6 Å². The van der Waals surface area contributed by atoms with E-state index in [0.717, 1.165) is 17.0 Å². The Hall–Kier alpha value is -3.21. The molecular weight excluding hydrogens is 288 g/mol. The summed E-state index contributed by atoms with van der Waals surface area (Å²) in [5.41, 5.74) is 3.22. The van der Waals surface area contributed by atoms with E-state index in [1.807, 2.05) is 55.5 Å². The maximum absolute atomic E-state index is 12.2. The molecule has 0 atom stereocenters. The standard InChI is InChI=1S/C18H16N4O/c1-13-10-11-15(17(20-13)14-7-3-2-4-8-14)21-18(23)22-16-9-5-6-12-19-16/h2-12H,1H3,(H2,19,21,22,23). The number of pyridine rings is 2. The van der Waals surface area contributed by atoms with E-state index in [9.17, 15) is 4.79 Å². The van der Waals surface area contributed by atoms with E-state index in [1.165, 1.54) is 0 Å². The molecule has 114 valence electrons. The number of aromatic nitrogens is 2. The molecule has 0 saturated carbocycles. The highest BCUT2D eigenvalue weighted by Gasteiger charge is 2.10. The van der Waals surface area contributed by atoms with Gasteiger partial charge in [-0.15, -0.1) is 0 Å². The zero-order valence-corrected chi connectivity index (χ0v) is 12.7. The Morgan fingerprint density at radius 3 is 2.43 bits per heavy atom. The SMILES string of the molecule is Cc1ccc(NC(=O)Nc2ccccn2)c(-c2ccccc2)n1. The minimum Gasteiger partial charge on any atom is -0.306 e. The molecule has 2 amide bonds. The van der Waals surface area contributed by atoms with Crippen molar-refractivity contribution in [3.63, 3.8) is 0 Å². The fourth-order valence-electron chi connectivity index (χ4n) is 2.18. The number of carbonyl (C=O) groups is 1. The highest BCUT2D eigenvalue weighted by atomic mass is 16.2. The molecule has 0 aliphatic heterocycles. The number of nitrogens with zero attached hydrogens (tertiary/aromatic N) is 2. The van der Waals surface area contributed by atoms with Gasteiger partial charge in [0, 0.05) is 17.5 Å². The van der Waals surface area contributed by atoms with Crippen LogP contribution in [0.5, 0.6) is 0 Å². The van der Waals surface area contributed by atoms with Crippen molar-refractivity contribution in [2.45, 2.75) is 6.92 Å². The summed E-state index contributed by atoms with van der Waals surface area (Å²) in [6.45, 7) is 1.92. The van der Waals surface area contributed by atoms with Gasteiger partial charge in [0.15, 0.2) is 0 Å². The smallest absolute Gasteiger partial charge is 0.306 e. The van der Waals surface area contributed by atoms with Crippen LogP contribution in [0.3, 0.4) is 0 Å². The monoisotopic (exact) mass is 304 g/mol. The molecule has 3 rings (SSSR count). The van der Waals surface area contributed by atoms with Gasteiger partial charge in [-0.2, -0.15) is 0 Å². The molecule has 0 spiro atoms. The number of aryl methyl sites for hydroxylation is 1. The number of rotatable bonds is 3. The van der Waals surface area contributed by atoms with Gasteiger partial charge in [0.25, 0.3) is 0 Å². The van der Waals surface area contributed by atoms with Crippen molar-refractivity contribution >= 4 is 17.5 Å². The number of amides is 2. The molecule has 2 aromatic heterocycles. The molecule has 0 radical (unpaired) electrons. The van der Waals surface area contributed by atoms with E-state index in [1.54, 1.807) is 18.3 Å². The van der Waals surface area contributed by atoms with Crippen LogP contribution in [0.25, 0.3) is 11.3 Å². The van der Waals surface area contributed by atoms with Gasteiger partial charge in [-0.3, -0.25) is 10.3 Å². The molecule has 2 heterocycles. The van der Waals surface area contributed by atoms with Crippen LogP contribution in [0, 0.1) is 6.92 Å². The molecule has 1 aromatic carbocycles. The summed E-state index contributed by atoms with van der Waals surface area (Å²) in [6, 6.07) is 18.4. The van der Waals surface area contributed by atoms with Gasteiger partial charge in [-0.05, 0) is 31.2 Å². The number of nitrogens with one attached hydrogen (secondary N) is 2. The Morgan fingerprint density at radius 2 is 1.70 bits per heavy atom. The van der Waals surface area contributed by atoms with Gasteiger partial charge >= 0.3 is 6.03 Å². The van der Waals surface area contributed by atoms with Crippen LogP contribution >= 0.6 is 0 Å². The molecule has 5 heteroatoms. The first-order valence-electron chi connectivity index (χ1n) is 7.24. The van der Waals surface area contributed by atoms with Gasteiger partial charge in [0.2, 0.25) is 0 Å². The lowest BCUT2D eigenvalue weighted by Gasteiger charge is -2.12. The van der Waals surface area contributed by atoms with Crippen molar-refractivity contribution in [2.75, 3.05) is 10.6 Å². The second-order valence-electron chi connectivity index (χ2n) is 5.01. The zero-order chi connectivity index (χ0) is 16.1. The van der Waals surface area contributed by atoms with E-state index in [2.05, 4.69) is 20.6 Å². The van der Waals surface area contributed by atoms with Crippen molar-refractivity contribution in [3.8, 4) is 11.3 Å². The highest BCUT2D eigenvalue weighted by Crippen LogP contribution is 2.26. The maximum Gasteiger partial charge on any atom is 0.324 e. The van der Waals surface area contributed by atoms with Crippen molar-refractivity contribution in [1.82, 2.24) is 9.97 Å². The molecule has 23 heavy (non-hydrogen) atoms. The van der Waals surface area contributed by atoms with Crippen LogP contribution in [0.1, 0.15) is 5.69 Å². The van der Waals surface area contributed by atoms with E-state index in [-0.39, 0.29) is 6.03 Å². The summed E-state index contributed by atoms with van der Waals surface area (Å²) in [5, 5.41) is 5.53. The average molecular weight is 304 g/mol. The van der Waals surface area contributed by atoms with Crippen LogP contribution in [-0.2, 0) is 0 Å². The lowest BCUT2D eigenvalue weighted by atomic mass is 10.1. The molecule has 0 aliphatic rings. The molecular formula is C18H16N4O.